The molecule has 0 spiro atoms. The molecule has 0 aliphatic carbocycles. The smallest absolute Gasteiger partial charge is 0.247 e. The number of rotatable bonds is 4. The molecule has 0 radical (unpaired) electrons. The first kappa shape index (κ1) is 17.4. The van der Waals surface area contributed by atoms with Gasteiger partial charge in [-0.05, 0) is 47.4 Å². The van der Waals surface area contributed by atoms with Gasteiger partial charge in [0.25, 0.3) is 0 Å². The molecule has 0 unspecified atom stereocenters. The Labute approximate surface area is 153 Å². The Morgan fingerprint density at radius 2 is 2.19 bits per heavy atom. The first-order valence-electron chi connectivity index (χ1n) is 9.89. The average Bonchev–Trinajstić information content (AvgIpc) is 3.16. The van der Waals surface area contributed by atoms with Crippen molar-refractivity contribution >= 4 is 11.8 Å². The van der Waals surface area contributed by atoms with E-state index in [1.165, 1.54) is 0 Å². The van der Waals surface area contributed by atoms with Gasteiger partial charge in [0, 0.05) is 32.1 Å². The molecule has 142 valence electrons. The van der Waals surface area contributed by atoms with Crippen LogP contribution in [0.5, 0.6) is 0 Å². The molecule has 4 rings (SSSR count). The van der Waals surface area contributed by atoms with E-state index in [9.17, 15) is 9.59 Å². The summed E-state index contributed by atoms with van der Waals surface area (Å²) in [6.45, 7) is 6.46. The fraction of sp³-hybridized carbons (Fsp3) is 0.833. The molecule has 3 saturated heterocycles. The molecule has 3 aliphatic heterocycles. The molecule has 5 atom stereocenters. The normalized spacial score (nSPS) is 30.7. The van der Waals surface area contributed by atoms with Crippen molar-refractivity contribution in [2.24, 2.45) is 17.8 Å². The first-order chi connectivity index (χ1) is 12.6. The molecular formula is C18H28N6O2. The second-order valence-corrected chi connectivity index (χ2v) is 8.23. The van der Waals surface area contributed by atoms with Crippen LogP contribution < -0.4 is 0 Å². The van der Waals surface area contributed by atoms with Gasteiger partial charge in [-0.15, -0.1) is 5.10 Å². The summed E-state index contributed by atoms with van der Waals surface area (Å²) in [5, 5.41) is 11.5. The number of hydrogen-bond acceptors (Lipinski definition) is 5. The molecule has 4 heterocycles. The van der Waals surface area contributed by atoms with Gasteiger partial charge in [-0.3, -0.25) is 9.59 Å². The molecule has 1 aromatic rings. The summed E-state index contributed by atoms with van der Waals surface area (Å²) >= 11 is 0. The van der Waals surface area contributed by atoms with Crippen molar-refractivity contribution in [3.8, 4) is 0 Å². The number of piperidine rings is 3. The zero-order valence-corrected chi connectivity index (χ0v) is 15.6. The van der Waals surface area contributed by atoms with Crippen molar-refractivity contribution in [3.63, 3.8) is 0 Å². The maximum Gasteiger partial charge on any atom is 0.247 e. The number of tetrazole rings is 1. The lowest BCUT2D eigenvalue weighted by molar-refractivity contribution is -0.150. The summed E-state index contributed by atoms with van der Waals surface area (Å²) in [5.74, 6) is 1.39. The molecule has 8 heteroatoms. The van der Waals surface area contributed by atoms with Gasteiger partial charge in [0.15, 0.2) is 0 Å². The Bertz CT molecular complexity index is 663. The van der Waals surface area contributed by atoms with Gasteiger partial charge in [-0.25, -0.2) is 4.68 Å². The van der Waals surface area contributed by atoms with Gasteiger partial charge in [-0.1, -0.05) is 20.3 Å². The van der Waals surface area contributed by atoms with Gasteiger partial charge >= 0.3 is 0 Å². The van der Waals surface area contributed by atoms with Gasteiger partial charge < -0.3 is 9.80 Å². The molecule has 8 nitrogen and oxygen atoms in total. The van der Waals surface area contributed by atoms with Crippen LogP contribution in [0.4, 0.5) is 0 Å². The van der Waals surface area contributed by atoms with E-state index < -0.39 is 0 Å². The van der Waals surface area contributed by atoms with E-state index in [1.54, 1.807) is 11.0 Å². The second kappa shape index (κ2) is 6.96. The van der Waals surface area contributed by atoms with Gasteiger partial charge in [-0.2, -0.15) is 0 Å². The van der Waals surface area contributed by atoms with Crippen molar-refractivity contribution in [1.29, 1.82) is 0 Å². The standard InChI is InChI=1S/C18H28N6O2/c1-3-12(2)17(24-11-19-20-21-24)18(26)22-8-13-7-14(10-22)15-5-4-6-16(25)23(15)9-13/h11-15,17H,3-10H2,1-2H3/t12-,13+,14-,15+,17-/m0/s1. The lowest BCUT2D eigenvalue weighted by Gasteiger charge is -2.52. The quantitative estimate of drug-likeness (QED) is 0.803. The number of hydrogen-bond donors (Lipinski definition) is 0. The molecule has 1 aromatic heterocycles. The van der Waals surface area contributed by atoms with Gasteiger partial charge in [0.05, 0.1) is 0 Å². The van der Waals surface area contributed by atoms with Crippen molar-refractivity contribution in [2.45, 2.75) is 58.0 Å². The van der Waals surface area contributed by atoms with Crippen LogP contribution in [0.3, 0.4) is 0 Å². The van der Waals surface area contributed by atoms with Crippen LogP contribution in [-0.2, 0) is 9.59 Å². The van der Waals surface area contributed by atoms with E-state index in [0.29, 0.717) is 30.2 Å². The molecule has 26 heavy (non-hydrogen) atoms. The third-order valence-electron chi connectivity index (χ3n) is 6.58. The first-order valence-corrected chi connectivity index (χ1v) is 9.89. The maximum atomic E-state index is 13.4. The lowest BCUT2D eigenvalue weighted by atomic mass is 9.75. The summed E-state index contributed by atoms with van der Waals surface area (Å²) in [6, 6.07) is -0.0314. The van der Waals surface area contributed by atoms with Gasteiger partial charge in [0.1, 0.15) is 12.4 Å². The van der Waals surface area contributed by atoms with Crippen molar-refractivity contribution in [3.05, 3.63) is 6.33 Å². The van der Waals surface area contributed by atoms with Crippen molar-refractivity contribution < 1.29 is 9.59 Å². The Hall–Kier alpha value is -1.99. The highest BCUT2D eigenvalue weighted by Crippen LogP contribution is 2.38. The molecule has 0 aromatic carbocycles. The highest BCUT2D eigenvalue weighted by atomic mass is 16.2. The summed E-state index contributed by atoms with van der Waals surface area (Å²) in [6.07, 6.45) is 6.32. The van der Waals surface area contributed by atoms with Crippen LogP contribution in [0.25, 0.3) is 0 Å². The summed E-state index contributed by atoms with van der Waals surface area (Å²) < 4.78 is 1.61. The van der Waals surface area contributed by atoms with Crippen LogP contribution in [0.2, 0.25) is 0 Å². The van der Waals surface area contributed by atoms with E-state index in [-0.39, 0.29) is 17.9 Å². The van der Waals surface area contributed by atoms with Crippen LogP contribution in [0, 0.1) is 17.8 Å². The van der Waals surface area contributed by atoms with Crippen molar-refractivity contribution in [1.82, 2.24) is 30.0 Å². The topological polar surface area (TPSA) is 84.2 Å². The molecule has 2 bridgehead atoms. The van der Waals surface area contributed by atoms with Gasteiger partial charge in [0.2, 0.25) is 11.8 Å². The minimum Gasteiger partial charge on any atom is -0.340 e. The third-order valence-corrected chi connectivity index (χ3v) is 6.58. The largest absolute Gasteiger partial charge is 0.340 e. The summed E-state index contributed by atoms with van der Waals surface area (Å²) in [4.78, 5) is 29.8. The molecule has 3 fully saturated rings. The fourth-order valence-electron chi connectivity index (χ4n) is 5.11. The van der Waals surface area contributed by atoms with E-state index >= 15 is 0 Å². The number of aromatic nitrogens is 4. The lowest BCUT2D eigenvalue weighted by Crippen LogP contribution is -2.61. The molecule has 0 N–H and O–H groups in total. The molecule has 3 aliphatic rings. The number of amides is 2. The zero-order valence-electron chi connectivity index (χ0n) is 15.6. The molecule has 2 amide bonds. The summed E-state index contributed by atoms with van der Waals surface area (Å²) in [7, 11) is 0. The fourth-order valence-corrected chi connectivity index (χ4v) is 5.11. The van der Waals surface area contributed by atoms with E-state index in [2.05, 4.69) is 34.3 Å². The predicted molar refractivity (Wildman–Crippen MR) is 93.8 cm³/mol. The maximum absolute atomic E-state index is 13.4. The van der Waals surface area contributed by atoms with Crippen LogP contribution in [-0.4, -0.2) is 67.5 Å². The number of carbonyl (C=O) groups excluding carboxylic acids is 2. The highest BCUT2D eigenvalue weighted by Gasteiger charge is 2.46. The Balaban J connectivity index is 1.53. The number of nitrogens with zero attached hydrogens (tertiary/aromatic N) is 6. The summed E-state index contributed by atoms with van der Waals surface area (Å²) in [5.41, 5.74) is 0. The zero-order chi connectivity index (χ0) is 18.3. The third kappa shape index (κ3) is 2.99. The van der Waals surface area contributed by atoms with Crippen LogP contribution in [0.1, 0.15) is 52.0 Å². The average molecular weight is 360 g/mol. The molecular weight excluding hydrogens is 332 g/mol. The predicted octanol–water partition coefficient (Wildman–Crippen LogP) is 1.12. The van der Waals surface area contributed by atoms with E-state index in [4.69, 9.17) is 0 Å². The highest BCUT2D eigenvalue weighted by molar-refractivity contribution is 5.81. The number of likely N-dealkylation sites (tertiary alicyclic amines) is 1. The minimum atomic E-state index is -0.349. The number of fused-ring (bicyclic) bond motifs is 4. The Morgan fingerprint density at radius 1 is 1.35 bits per heavy atom. The number of carbonyl (C=O) groups is 2. The Kier molecular flexibility index (Phi) is 4.67. The van der Waals surface area contributed by atoms with Crippen LogP contribution in [0.15, 0.2) is 6.33 Å². The minimum absolute atomic E-state index is 0.122. The van der Waals surface area contributed by atoms with Crippen molar-refractivity contribution in [2.75, 3.05) is 19.6 Å². The molecule has 0 saturated carbocycles. The second-order valence-electron chi connectivity index (χ2n) is 8.23. The Morgan fingerprint density at radius 3 is 2.92 bits per heavy atom. The monoisotopic (exact) mass is 360 g/mol. The van der Waals surface area contributed by atoms with E-state index in [1.807, 2.05) is 4.90 Å². The van der Waals surface area contributed by atoms with E-state index in [0.717, 1.165) is 45.3 Å². The van der Waals surface area contributed by atoms with Crippen LogP contribution >= 0.6 is 0 Å². The SMILES string of the molecule is CC[C@H](C)[C@@H](C(=O)N1C[C@H]2C[C@@H](C1)[C@H]1CCCC(=O)N1C2)n1cnnn1.